The third kappa shape index (κ3) is 4.50. The minimum absolute atomic E-state index is 0.226. The number of rotatable bonds is 5. The highest BCUT2D eigenvalue weighted by molar-refractivity contribution is 9.10. The van der Waals surface area contributed by atoms with Crippen LogP contribution in [0.5, 0.6) is 0 Å². The van der Waals surface area contributed by atoms with Crippen molar-refractivity contribution in [3.05, 3.63) is 72.7 Å². The first kappa shape index (κ1) is 20.2. The van der Waals surface area contributed by atoms with E-state index in [1.807, 2.05) is 30.3 Å². The van der Waals surface area contributed by atoms with E-state index in [9.17, 15) is 4.79 Å². The molecule has 3 aromatic rings. The van der Waals surface area contributed by atoms with Gasteiger partial charge >= 0.3 is 0 Å². The molecule has 0 aliphatic carbocycles. The van der Waals surface area contributed by atoms with Gasteiger partial charge in [0.15, 0.2) is 4.80 Å². The van der Waals surface area contributed by atoms with Gasteiger partial charge in [-0.3, -0.25) is 4.79 Å². The number of hydrogen-bond acceptors (Lipinski definition) is 2. The normalized spacial score (nSPS) is 11.8. The largest absolute Gasteiger partial charge is 0.316 e. The van der Waals surface area contributed by atoms with Crippen LogP contribution in [0.4, 0.5) is 0 Å². The Kier molecular flexibility index (Phi) is 6.84. The molecule has 0 aliphatic heterocycles. The molecule has 0 bridgehead atoms. The van der Waals surface area contributed by atoms with E-state index >= 15 is 0 Å². The van der Waals surface area contributed by atoms with Crippen LogP contribution >= 0.6 is 43.2 Å². The van der Waals surface area contributed by atoms with E-state index in [2.05, 4.69) is 67.4 Å². The van der Waals surface area contributed by atoms with Crippen molar-refractivity contribution in [3.63, 3.8) is 0 Å². The summed E-state index contributed by atoms with van der Waals surface area (Å²) in [5.74, 6) is -0.226. The summed E-state index contributed by atoms with van der Waals surface area (Å²) in [7, 11) is 0. The van der Waals surface area contributed by atoms with E-state index in [1.165, 1.54) is 4.88 Å². The number of amides is 1. The molecule has 0 spiro atoms. The van der Waals surface area contributed by atoms with Crippen LogP contribution in [0, 0.1) is 0 Å². The maximum Gasteiger partial charge on any atom is 0.280 e. The summed E-state index contributed by atoms with van der Waals surface area (Å²) in [5, 5.41) is 0. The van der Waals surface area contributed by atoms with E-state index in [-0.39, 0.29) is 5.91 Å². The Labute approximate surface area is 180 Å². The summed E-state index contributed by atoms with van der Waals surface area (Å²) in [6.45, 7) is 5.02. The van der Waals surface area contributed by atoms with Gasteiger partial charge in [0.05, 0.1) is 11.3 Å². The summed E-state index contributed by atoms with van der Waals surface area (Å²) < 4.78 is 3.96. The smallest absolute Gasteiger partial charge is 0.280 e. The Morgan fingerprint density at radius 1 is 1.07 bits per heavy atom. The number of aryl methyl sites for hydroxylation is 1. The summed E-state index contributed by atoms with van der Waals surface area (Å²) in [4.78, 5) is 19.2. The Morgan fingerprint density at radius 2 is 1.78 bits per heavy atom. The molecule has 0 aliphatic rings. The van der Waals surface area contributed by atoms with Crippen molar-refractivity contribution >= 4 is 49.1 Å². The predicted octanol–water partition coefficient (Wildman–Crippen LogP) is 6.46. The second kappa shape index (κ2) is 9.13. The monoisotopic (exact) mass is 506 g/mol. The van der Waals surface area contributed by atoms with Gasteiger partial charge in [0.2, 0.25) is 0 Å². The number of aromatic nitrogens is 1. The molecule has 6 heteroatoms. The number of benzene rings is 2. The fourth-order valence-electron chi connectivity index (χ4n) is 2.94. The molecule has 1 amide bonds. The summed E-state index contributed by atoms with van der Waals surface area (Å²) in [5.41, 5.74) is 2.89. The van der Waals surface area contributed by atoms with Gasteiger partial charge in [-0.25, -0.2) is 0 Å². The molecule has 27 heavy (non-hydrogen) atoms. The summed E-state index contributed by atoms with van der Waals surface area (Å²) in [6, 6.07) is 15.7. The molecule has 2 aromatic carbocycles. The molecule has 0 radical (unpaired) electrons. The molecule has 1 heterocycles. The van der Waals surface area contributed by atoms with Gasteiger partial charge < -0.3 is 4.57 Å². The fraction of sp³-hybridized carbons (Fsp3) is 0.238. The first-order chi connectivity index (χ1) is 13.0. The molecule has 3 nitrogen and oxygen atoms in total. The number of carbonyl (C=O) groups excluding carboxylic acids is 1. The van der Waals surface area contributed by atoms with Gasteiger partial charge in [-0.15, -0.1) is 11.3 Å². The third-order valence-electron chi connectivity index (χ3n) is 4.19. The van der Waals surface area contributed by atoms with Crippen molar-refractivity contribution in [2.45, 2.75) is 33.2 Å². The molecular weight excluding hydrogens is 488 g/mol. The Hall–Kier alpha value is -1.50. The minimum atomic E-state index is -0.226. The standard InChI is InChI=1S/C21H20Br2N2OS/c1-3-7-18-19(14-10-12-15(22)13-11-14)25(4-2)21(27-18)24-20(26)16-8-5-6-9-17(16)23/h5-6,8-13H,3-4,7H2,1-2H3. The van der Waals surface area contributed by atoms with Crippen molar-refractivity contribution < 1.29 is 4.79 Å². The van der Waals surface area contributed by atoms with Crippen LogP contribution in [-0.2, 0) is 13.0 Å². The van der Waals surface area contributed by atoms with Crippen LogP contribution in [0.3, 0.4) is 0 Å². The molecule has 0 saturated carbocycles. The number of hydrogen-bond donors (Lipinski definition) is 0. The molecule has 0 atom stereocenters. The second-order valence-electron chi connectivity index (χ2n) is 6.05. The lowest BCUT2D eigenvalue weighted by Gasteiger charge is -2.09. The minimum Gasteiger partial charge on any atom is -0.316 e. The summed E-state index contributed by atoms with van der Waals surface area (Å²) >= 11 is 8.56. The number of nitrogens with zero attached hydrogens (tertiary/aromatic N) is 2. The van der Waals surface area contributed by atoms with Crippen LogP contribution in [0.25, 0.3) is 11.3 Å². The molecule has 0 saturated heterocycles. The molecule has 0 fully saturated rings. The molecular formula is C21H20Br2N2OS. The van der Waals surface area contributed by atoms with E-state index in [4.69, 9.17) is 0 Å². The lowest BCUT2D eigenvalue weighted by molar-refractivity contribution is 0.0997. The van der Waals surface area contributed by atoms with Gasteiger partial charge in [0.1, 0.15) is 0 Å². The van der Waals surface area contributed by atoms with Gasteiger partial charge in [0, 0.05) is 20.4 Å². The van der Waals surface area contributed by atoms with Gasteiger partial charge in [0.25, 0.3) is 5.91 Å². The molecule has 1 aromatic heterocycles. The fourth-order valence-corrected chi connectivity index (χ4v) is 4.97. The Bertz CT molecular complexity index is 1020. The highest BCUT2D eigenvalue weighted by atomic mass is 79.9. The molecule has 0 unspecified atom stereocenters. The van der Waals surface area contributed by atoms with Gasteiger partial charge in [-0.2, -0.15) is 4.99 Å². The zero-order valence-corrected chi connectivity index (χ0v) is 19.2. The van der Waals surface area contributed by atoms with Crippen LogP contribution in [0.2, 0.25) is 0 Å². The first-order valence-electron chi connectivity index (χ1n) is 8.87. The molecule has 3 rings (SSSR count). The van der Waals surface area contributed by atoms with Crippen molar-refractivity contribution in [2.24, 2.45) is 4.99 Å². The predicted molar refractivity (Wildman–Crippen MR) is 119 cm³/mol. The van der Waals surface area contributed by atoms with Crippen molar-refractivity contribution in [3.8, 4) is 11.3 Å². The SMILES string of the molecule is CCCc1sc(=NC(=O)c2ccccc2Br)n(CC)c1-c1ccc(Br)cc1. The first-order valence-corrected chi connectivity index (χ1v) is 11.3. The third-order valence-corrected chi connectivity index (χ3v) is 6.55. The van der Waals surface area contributed by atoms with Crippen molar-refractivity contribution in [1.82, 2.24) is 4.57 Å². The number of halogens is 2. The van der Waals surface area contributed by atoms with E-state index in [0.29, 0.717) is 5.56 Å². The molecule has 140 valence electrons. The highest BCUT2D eigenvalue weighted by Gasteiger charge is 2.16. The maximum absolute atomic E-state index is 12.8. The average molecular weight is 508 g/mol. The van der Waals surface area contributed by atoms with Crippen LogP contribution < -0.4 is 4.80 Å². The van der Waals surface area contributed by atoms with E-state index in [0.717, 1.165) is 44.4 Å². The lowest BCUT2D eigenvalue weighted by Crippen LogP contribution is -2.17. The zero-order chi connectivity index (χ0) is 19.4. The Balaban J connectivity index is 2.16. The van der Waals surface area contributed by atoms with Crippen molar-refractivity contribution in [2.75, 3.05) is 0 Å². The van der Waals surface area contributed by atoms with E-state index in [1.54, 1.807) is 17.4 Å². The summed E-state index contributed by atoms with van der Waals surface area (Å²) in [6.07, 6.45) is 2.01. The number of thiazole rings is 1. The van der Waals surface area contributed by atoms with Crippen molar-refractivity contribution in [1.29, 1.82) is 0 Å². The topological polar surface area (TPSA) is 34.4 Å². The maximum atomic E-state index is 12.8. The van der Waals surface area contributed by atoms with Crippen LogP contribution in [0.1, 0.15) is 35.5 Å². The zero-order valence-electron chi connectivity index (χ0n) is 15.2. The van der Waals surface area contributed by atoms with Gasteiger partial charge in [-0.05, 0) is 59.1 Å². The van der Waals surface area contributed by atoms with E-state index < -0.39 is 0 Å². The average Bonchev–Trinajstić information content (AvgIpc) is 3.00. The number of carbonyl (C=O) groups is 1. The Morgan fingerprint density at radius 3 is 2.41 bits per heavy atom. The highest BCUT2D eigenvalue weighted by Crippen LogP contribution is 2.28. The molecule has 0 N–H and O–H groups in total. The van der Waals surface area contributed by atoms with Gasteiger partial charge in [-0.1, -0.05) is 53.5 Å². The lowest BCUT2D eigenvalue weighted by atomic mass is 10.1. The van der Waals surface area contributed by atoms with Crippen LogP contribution in [0.15, 0.2) is 62.5 Å². The van der Waals surface area contributed by atoms with Crippen LogP contribution in [-0.4, -0.2) is 10.5 Å². The quantitative estimate of drug-likeness (QED) is 0.390. The second-order valence-corrected chi connectivity index (χ2v) is 8.89.